The molecule has 0 aliphatic carbocycles. The Morgan fingerprint density at radius 1 is 0.479 bits per heavy atom. The number of hydrogen-bond donors (Lipinski definition) is 1. The molecule has 0 saturated carbocycles. The topological polar surface area (TPSA) is 72.8 Å². The van der Waals surface area contributed by atoms with Gasteiger partial charge in [0.05, 0.1) is 6.61 Å². The zero-order valence-corrected chi connectivity index (χ0v) is 31.5. The Balaban J connectivity index is 3.58. The molecule has 5 nitrogen and oxygen atoms in total. The summed E-state index contributed by atoms with van der Waals surface area (Å²) in [6.45, 7) is 4.07. The molecule has 0 bridgehead atoms. The Labute approximate surface area is 297 Å². The molecule has 5 heteroatoms. The van der Waals surface area contributed by atoms with Crippen molar-refractivity contribution < 1.29 is 24.2 Å². The Morgan fingerprint density at radius 2 is 0.833 bits per heavy atom. The van der Waals surface area contributed by atoms with Crippen LogP contribution in [0.15, 0.2) is 48.6 Å². The van der Waals surface area contributed by atoms with Crippen LogP contribution in [-0.2, 0) is 19.1 Å². The number of esters is 2. The molecular weight excluding hydrogens is 596 g/mol. The highest BCUT2D eigenvalue weighted by Gasteiger charge is 2.16. The van der Waals surface area contributed by atoms with Gasteiger partial charge >= 0.3 is 11.9 Å². The Morgan fingerprint density at radius 3 is 1.23 bits per heavy atom. The fraction of sp³-hybridized carbons (Fsp3) is 0.767. The lowest BCUT2D eigenvalue weighted by molar-refractivity contribution is -0.161. The molecule has 0 aromatic carbocycles. The zero-order valence-electron chi connectivity index (χ0n) is 31.5. The predicted octanol–water partition coefficient (Wildman–Crippen LogP) is 12.6. The lowest BCUT2D eigenvalue weighted by atomic mass is 10.1. The van der Waals surface area contributed by atoms with E-state index in [1.54, 1.807) is 0 Å². The fourth-order valence-corrected chi connectivity index (χ4v) is 5.50. The SMILES string of the molecule is CCCCC/C=C/C/C=C/CCCCCCCCCCCC(=O)OC[C@H](CO)OC(=O)CCCCCCC/C=C/C/C=C/CCCCC. The molecule has 1 atom stereocenters. The summed E-state index contributed by atoms with van der Waals surface area (Å²) < 4.78 is 10.6. The van der Waals surface area contributed by atoms with Crippen molar-refractivity contribution in [3.8, 4) is 0 Å². The first kappa shape index (κ1) is 45.9. The van der Waals surface area contributed by atoms with Gasteiger partial charge < -0.3 is 14.6 Å². The van der Waals surface area contributed by atoms with Gasteiger partial charge in [-0.25, -0.2) is 0 Å². The lowest BCUT2D eigenvalue weighted by Crippen LogP contribution is -2.28. The molecule has 0 radical (unpaired) electrons. The van der Waals surface area contributed by atoms with E-state index >= 15 is 0 Å². The van der Waals surface area contributed by atoms with Crippen molar-refractivity contribution in [3.05, 3.63) is 48.6 Å². The second-order valence-corrected chi connectivity index (χ2v) is 13.4. The molecule has 0 fully saturated rings. The average molecular weight is 673 g/mol. The molecule has 0 saturated heterocycles. The van der Waals surface area contributed by atoms with Crippen LogP contribution in [0.3, 0.4) is 0 Å². The number of aliphatic hydroxyl groups excluding tert-OH is 1. The molecule has 278 valence electrons. The number of carbonyl (C=O) groups excluding carboxylic acids is 2. The number of aliphatic hydroxyl groups is 1. The van der Waals surface area contributed by atoms with Gasteiger partial charge in [-0.05, 0) is 77.0 Å². The number of rotatable bonds is 36. The molecular formula is C43H76O5. The van der Waals surface area contributed by atoms with Crippen molar-refractivity contribution in [2.45, 2.75) is 200 Å². The third-order valence-corrected chi connectivity index (χ3v) is 8.60. The minimum absolute atomic E-state index is 0.0742. The number of unbranched alkanes of at least 4 members (excludes halogenated alkanes) is 20. The van der Waals surface area contributed by atoms with Crippen molar-refractivity contribution in [3.63, 3.8) is 0 Å². The monoisotopic (exact) mass is 673 g/mol. The third kappa shape index (κ3) is 36.7. The molecule has 0 aliphatic heterocycles. The van der Waals surface area contributed by atoms with Crippen LogP contribution in [0.25, 0.3) is 0 Å². The molecule has 0 aromatic heterocycles. The van der Waals surface area contributed by atoms with E-state index in [1.165, 1.54) is 103 Å². The molecule has 0 aliphatic rings. The predicted molar refractivity (Wildman–Crippen MR) is 205 cm³/mol. The van der Waals surface area contributed by atoms with Crippen molar-refractivity contribution in [2.24, 2.45) is 0 Å². The van der Waals surface area contributed by atoms with Gasteiger partial charge in [0, 0.05) is 12.8 Å². The summed E-state index contributed by atoms with van der Waals surface area (Å²) in [6.07, 6.45) is 48.8. The minimum Gasteiger partial charge on any atom is -0.462 e. The highest BCUT2D eigenvalue weighted by molar-refractivity contribution is 5.70. The van der Waals surface area contributed by atoms with Crippen LogP contribution in [0.1, 0.15) is 194 Å². The smallest absolute Gasteiger partial charge is 0.306 e. The van der Waals surface area contributed by atoms with Gasteiger partial charge in [0.15, 0.2) is 6.10 Å². The van der Waals surface area contributed by atoms with E-state index in [1.807, 2.05) is 0 Å². The van der Waals surface area contributed by atoms with Crippen molar-refractivity contribution in [1.29, 1.82) is 0 Å². The summed E-state index contributed by atoms with van der Waals surface area (Å²) in [5, 5.41) is 9.55. The van der Waals surface area contributed by atoms with Crippen LogP contribution >= 0.6 is 0 Å². The molecule has 1 N–H and O–H groups in total. The second kappa shape index (κ2) is 39.3. The highest BCUT2D eigenvalue weighted by atomic mass is 16.6. The molecule has 0 unspecified atom stereocenters. The third-order valence-electron chi connectivity index (χ3n) is 8.60. The lowest BCUT2D eigenvalue weighted by Gasteiger charge is -2.15. The van der Waals surface area contributed by atoms with Crippen LogP contribution in [0.5, 0.6) is 0 Å². The van der Waals surface area contributed by atoms with E-state index in [9.17, 15) is 14.7 Å². The van der Waals surface area contributed by atoms with Crippen LogP contribution < -0.4 is 0 Å². The van der Waals surface area contributed by atoms with Crippen LogP contribution in [0, 0.1) is 0 Å². The summed E-state index contributed by atoms with van der Waals surface area (Å²) in [4.78, 5) is 24.3. The standard InChI is InChI=1S/C43H76O5/c1-3-5-7-9-11-13-15-17-19-20-21-22-24-25-27-29-31-33-35-37-42(45)47-40-41(39-44)48-43(46)38-36-34-32-30-28-26-23-18-16-14-12-10-8-6-4-2/h11-14,17-19,23,41,44H,3-10,15-16,20-22,24-40H2,1-2H3/b13-11+,14-12+,19-17+,23-18+/t41-/m0/s1. The average Bonchev–Trinajstić information content (AvgIpc) is 3.09. The largest absolute Gasteiger partial charge is 0.462 e. The van der Waals surface area contributed by atoms with Crippen LogP contribution in [-0.4, -0.2) is 36.4 Å². The first-order chi connectivity index (χ1) is 23.6. The summed E-state index contributed by atoms with van der Waals surface area (Å²) in [5.41, 5.74) is 0. The molecule has 0 amide bonds. The number of carbonyl (C=O) groups is 2. The van der Waals surface area contributed by atoms with E-state index < -0.39 is 6.10 Å². The van der Waals surface area contributed by atoms with Gasteiger partial charge in [-0.3, -0.25) is 9.59 Å². The summed E-state index contributed by atoms with van der Waals surface area (Å²) in [7, 11) is 0. The highest BCUT2D eigenvalue weighted by Crippen LogP contribution is 2.13. The Bertz CT molecular complexity index is 812. The summed E-state index contributed by atoms with van der Waals surface area (Å²) in [6, 6.07) is 0. The quantitative estimate of drug-likeness (QED) is 0.0407. The zero-order chi connectivity index (χ0) is 35.0. The maximum Gasteiger partial charge on any atom is 0.306 e. The van der Waals surface area contributed by atoms with Gasteiger partial charge in [-0.2, -0.15) is 0 Å². The van der Waals surface area contributed by atoms with E-state index in [-0.39, 0.29) is 25.2 Å². The minimum atomic E-state index is -0.780. The van der Waals surface area contributed by atoms with Gasteiger partial charge in [-0.1, -0.05) is 152 Å². The molecule has 48 heavy (non-hydrogen) atoms. The van der Waals surface area contributed by atoms with Crippen LogP contribution in [0.2, 0.25) is 0 Å². The number of ether oxygens (including phenoxy) is 2. The molecule has 0 rings (SSSR count). The summed E-state index contributed by atoms with van der Waals surface area (Å²) in [5.74, 6) is -0.612. The Kier molecular flexibility index (Phi) is 37.5. The normalized spacial score (nSPS) is 12.6. The van der Waals surface area contributed by atoms with E-state index in [4.69, 9.17) is 9.47 Å². The fourth-order valence-electron chi connectivity index (χ4n) is 5.50. The maximum absolute atomic E-state index is 12.2. The van der Waals surface area contributed by atoms with E-state index in [2.05, 4.69) is 62.5 Å². The van der Waals surface area contributed by atoms with Crippen molar-refractivity contribution >= 4 is 11.9 Å². The van der Waals surface area contributed by atoms with Gasteiger partial charge in [0.25, 0.3) is 0 Å². The van der Waals surface area contributed by atoms with Gasteiger partial charge in [-0.15, -0.1) is 0 Å². The molecule has 0 spiro atoms. The first-order valence-electron chi connectivity index (χ1n) is 20.2. The molecule has 0 aromatic rings. The first-order valence-corrected chi connectivity index (χ1v) is 20.2. The van der Waals surface area contributed by atoms with Crippen molar-refractivity contribution in [1.82, 2.24) is 0 Å². The van der Waals surface area contributed by atoms with E-state index in [0.29, 0.717) is 12.8 Å². The van der Waals surface area contributed by atoms with Crippen LogP contribution in [0.4, 0.5) is 0 Å². The summed E-state index contributed by atoms with van der Waals surface area (Å²) >= 11 is 0. The van der Waals surface area contributed by atoms with E-state index in [0.717, 1.165) is 64.2 Å². The van der Waals surface area contributed by atoms with Gasteiger partial charge in [0.2, 0.25) is 0 Å². The second-order valence-electron chi connectivity index (χ2n) is 13.4. The number of hydrogen-bond acceptors (Lipinski definition) is 5. The van der Waals surface area contributed by atoms with Crippen molar-refractivity contribution in [2.75, 3.05) is 13.2 Å². The van der Waals surface area contributed by atoms with Gasteiger partial charge in [0.1, 0.15) is 6.61 Å². The number of allylic oxidation sites excluding steroid dienone is 8. The molecule has 0 heterocycles. The maximum atomic E-state index is 12.2. The Hall–Kier alpha value is -2.14.